The molecule has 1 aliphatic rings. The van der Waals surface area contributed by atoms with Crippen LogP contribution in [0.5, 0.6) is 0 Å². The second-order valence-corrected chi connectivity index (χ2v) is 11.4. The lowest BCUT2D eigenvalue weighted by Gasteiger charge is -2.32. The topological polar surface area (TPSA) is 101 Å². The summed E-state index contributed by atoms with van der Waals surface area (Å²) in [6.45, 7) is 3.82. The summed E-state index contributed by atoms with van der Waals surface area (Å²) in [5.41, 5.74) is 6.47. The number of aliphatic carboxylic acids is 1. The number of likely N-dealkylation sites (N-methyl/N-ethyl adjacent to an activating group) is 1. The van der Waals surface area contributed by atoms with Gasteiger partial charge in [0.15, 0.2) is 0 Å². The number of alkyl carbamates (subject to hydrolysis) is 1. The summed E-state index contributed by atoms with van der Waals surface area (Å²) in [5, 5.41) is 13.5. The number of fused-ring (bicyclic) bond motifs is 4. The van der Waals surface area contributed by atoms with Crippen molar-refractivity contribution in [3.8, 4) is 11.1 Å². The molecule has 1 heterocycles. The highest BCUT2D eigenvalue weighted by Crippen LogP contribution is 2.44. The van der Waals surface area contributed by atoms with E-state index < -0.39 is 24.1 Å². The van der Waals surface area contributed by atoms with Crippen LogP contribution >= 0.6 is 0 Å². The fourth-order valence-electron chi connectivity index (χ4n) is 6.07. The fourth-order valence-corrected chi connectivity index (χ4v) is 6.07. The van der Waals surface area contributed by atoms with Crippen LogP contribution in [0.4, 0.5) is 4.79 Å². The highest BCUT2D eigenvalue weighted by Gasteiger charge is 2.34. The van der Waals surface area contributed by atoms with Gasteiger partial charge in [0.05, 0.1) is 6.42 Å². The number of rotatable bonds is 10. The number of carbonyl (C=O) groups excluding carboxylic acids is 2. The third kappa shape index (κ3) is 5.75. The molecule has 1 aliphatic carbocycles. The van der Waals surface area contributed by atoms with Crippen LogP contribution in [0.3, 0.4) is 0 Å². The van der Waals surface area contributed by atoms with E-state index in [9.17, 15) is 19.5 Å². The Hall–Kier alpha value is -4.59. The van der Waals surface area contributed by atoms with Crippen LogP contribution in [-0.4, -0.2) is 58.3 Å². The first-order valence-electron chi connectivity index (χ1n) is 14.3. The Labute approximate surface area is 245 Å². The second kappa shape index (κ2) is 12.1. The third-order valence-electron chi connectivity index (χ3n) is 8.29. The van der Waals surface area contributed by atoms with Gasteiger partial charge in [-0.05, 0) is 46.2 Å². The van der Waals surface area contributed by atoms with Gasteiger partial charge >= 0.3 is 12.1 Å². The lowest BCUT2D eigenvalue weighted by molar-refractivity contribution is -0.141. The molecule has 5 rings (SSSR count). The van der Waals surface area contributed by atoms with Crippen molar-refractivity contribution < 1.29 is 24.2 Å². The summed E-state index contributed by atoms with van der Waals surface area (Å²) in [6, 6.07) is 22.6. The van der Waals surface area contributed by atoms with Crippen molar-refractivity contribution in [2.24, 2.45) is 13.0 Å². The molecular weight excluding hydrogens is 530 g/mol. The Morgan fingerprint density at radius 1 is 0.952 bits per heavy atom. The van der Waals surface area contributed by atoms with Gasteiger partial charge in [-0.25, -0.2) is 4.79 Å². The van der Waals surface area contributed by atoms with E-state index in [-0.39, 0.29) is 30.8 Å². The summed E-state index contributed by atoms with van der Waals surface area (Å²) >= 11 is 0. The summed E-state index contributed by atoms with van der Waals surface area (Å²) in [7, 11) is 3.55. The normalized spacial score (nSPS) is 13.8. The number of nitrogens with zero attached hydrogens (tertiary/aromatic N) is 2. The Morgan fingerprint density at radius 2 is 1.55 bits per heavy atom. The molecule has 8 nitrogen and oxygen atoms in total. The van der Waals surface area contributed by atoms with Crippen LogP contribution in [-0.2, 0) is 27.8 Å². The fraction of sp³-hybridized carbons (Fsp3) is 0.324. The average molecular weight is 568 g/mol. The smallest absolute Gasteiger partial charge is 0.407 e. The molecule has 4 aromatic rings. The first-order valence-corrected chi connectivity index (χ1v) is 14.3. The minimum absolute atomic E-state index is 0.0975. The highest BCUT2D eigenvalue weighted by atomic mass is 16.5. The lowest BCUT2D eigenvalue weighted by atomic mass is 9.98. The predicted molar refractivity (Wildman–Crippen MR) is 162 cm³/mol. The third-order valence-corrected chi connectivity index (χ3v) is 8.29. The van der Waals surface area contributed by atoms with Gasteiger partial charge in [0, 0.05) is 43.2 Å². The van der Waals surface area contributed by atoms with Crippen LogP contribution in [0.1, 0.15) is 42.9 Å². The van der Waals surface area contributed by atoms with Gasteiger partial charge in [-0.3, -0.25) is 9.59 Å². The number of hydrogen-bond acceptors (Lipinski definition) is 4. The number of benzene rings is 3. The molecular formula is C34H37N3O5. The van der Waals surface area contributed by atoms with Crippen molar-refractivity contribution in [1.29, 1.82) is 0 Å². The van der Waals surface area contributed by atoms with E-state index >= 15 is 0 Å². The Bertz CT molecular complexity index is 1580. The van der Waals surface area contributed by atoms with Crippen molar-refractivity contribution in [1.82, 2.24) is 14.8 Å². The van der Waals surface area contributed by atoms with Crippen LogP contribution < -0.4 is 5.32 Å². The van der Waals surface area contributed by atoms with Crippen LogP contribution in [0.15, 0.2) is 79.0 Å². The Kier molecular flexibility index (Phi) is 8.34. The molecule has 0 radical (unpaired) electrons. The molecule has 0 fully saturated rings. The molecule has 42 heavy (non-hydrogen) atoms. The zero-order valence-electron chi connectivity index (χ0n) is 24.4. The van der Waals surface area contributed by atoms with E-state index in [0.717, 1.165) is 38.7 Å². The maximum absolute atomic E-state index is 13.7. The van der Waals surface area contributed by atoms with Crippen molar-refractivity contribution >= 4 is 28.9 Å². The van der Waals surface area contributed by atoms with Gasteiger partial charge < -0.3 is 24.6 Å². The van der Waals surface area contributed by atoms with Gasteiger partial charge in [-0.1, -0.05) is 80.6 Å². The molecule has 2 amide bonds. The summed E-state index contributed by atoms with van der Waals surface area (Å²) in [5.74, 6) is -1.70. The number of carboxylic acids is 1. The molecule has 0 aliphatic heterocycles. The van der Waals surface area contributed by atoms with Gasteiger partial charge in [0.1, 0.15) is 12.6 Å². The molecule has 2 N–H and O–H groups in total. The average Bonchev–Trinajstić information content (AvgIpc) is 3.47. The summed E-state index contributed by atoms with van der Waals surface area (Å²) < 4.78 is 7.70. The first-order chi connectivity index (χ1) is 20.2. The number of ether oxygens (including phenoxy) is 1. The Morgan fingerprint density at radius 3 is 2.17 bits per heavy atom. The predicted octanol–water partition coefficient (Wildman–Crippen LogP) is 5.59. The first kappa shape index (κ1) is 28.9. The number of amides is 2. The molecule has 8 heteroatoms. The molecule has 0 saturated heterocycles. The van der Waals surface area contributed by atoms with Gasteiger partial charge in [-0.15, -0.1) is 0 Å². The van der Waals surface area contributed by atoms with Gasteiger partial charge in [0.25, 0.3) is 0 Å². The van der Waals surface area contributed by atoms with E-state index in [1.54, 1.807) is 7.05 Å². The molecule has 0 saturated carbocycles. The quantitative estimate of drug-likeness (QED) is 0.260. The number of para-hydroxylation sites is 1. The van der Waals surface area contributed by atoms with Crippen molar-refractivity contribution in [2.45, 2.75) is 44.7 Å². The molecule has 0 bridgehead atoms. The van der Waals surface area contributed by atoms with Crippen LogP contribution in [0.2, 0.25) is 0 Å². The SMILES string of the molecule is CC(C)[C@H](NC(=O)OCC1c2ccccc2-c2ccccc21)C(=O)N(C)[C@H](CC(=O)O)Cc1cn(C)c2ccccc12. The number of nitrogens with one attached hydrogen (secondary N) is 1. The number of hydrogen-bond donors (Lipinski definition) is 2. The van der Waals surface area contributed by atoms with Crippen LogP contribution in [0.25, 0.3) is 22.0 Å². The molecule has 0 spiro atoms. The van der Waals surface area contributed by atoms with E-state index in [1.165, 1.54) is 4.90 Å². The molecule has 0 unspecified atom stereocenters. The number of aryl methyl sites for hydroxylation is 1. The molecule has 3 aromatic carbocycles. The van der Waals surface area contributed by atoms with Crippen LogP contribution in [0, 0.1) is 5.92 Å². The van der Waals surface area contributed by atoms with E-state index in [4.69, 9.17) is 4.74 Å². The second-order valence-electron chi connectivity index (χ2n) is 11.4. The minimum atomic E-state index is -0.995. The molecule has 2 atom stereocenters. The monoisotopic (exact) mass is 567 g/mol. The lowest BCUT2D eigenvalue weighted by Crippen LogP contribution is -2.53. The Balaban J connectivity index is 1.29. The van der Waals surface area contributed by atoms with E-state index in [2.05, 4.69) is 29.6 Å². The minimum Gasteiger partial charge on any atom is -0.481 e. The number of carbonyl (C=O) groups is 3. The number of carboxylic acid groups (broad SMARTS) is 1. The van der Waals surface area contributed by atoms with Crippen molar-refractivity contribution in [3.63, 3.8) is 0 Å². The molecule has 1 aromatic heterocycles. The maximum Gasteiger partial charge on any atom is 0.407 e. The zero-order valence-corrected chi connectivity index (χ0v) is 24.4. The molecule has 218 valence electrons. The summed E-state index contributed by atoms with van der Waals surface area (Å²) in [4.78, 5) is 40.1. The van der Waals surface area contributed by atoms with E-state index in [0.29, 0.717) is 6.42 Å². The largest absolute Gasteiger partial charge is 0.481 e. The zero-order chi connectivity index (χ0) is 30.0. The van der Waals surface area contributed by atoms with Crippen molar-refractivity contribution in [3.05, 3.63) is 95.7 Å². The van der Waals surface area contributed by atoms with Crippen molar-refractivity contribution in [2.75, 3.05) is 13.7 Å². The number of aromatic nitrogens is 1. The standard InChI is InChI=1S/C34H37N3O5/c1-21(2)32(35-34(41)42-20-29-27-14-7-5-12-25(27)26-13-6-8-15-28(26)29)33(40)37(4)23(18-31(38)39)17-22-19-36(3)30-16-10-9-11-24(22)30/h5-16,19,21,23,29,32H,17-18,20H2,1-4H3,(H,35,41)(H,38,39)/t23-,32-/m0/s1. The van der Waals surface area contributed by atoms with Gasteiger partial charge in [-0.2, -0.15) is 0 Å². The summed E-state index contributed by atoms with van der Waals surface area (Å²) in [6.07, 6.45) is 1.45. The maximum atomic E-state index is 13.7. The van der Waals surface area contributed by atoms with E-state index in [1.807, 2.05) is 80.2 Å². The van der Waals surface area contributed by atoms with Gasteiger partial charge in [0.2, 0.25) is 5.91 Å². The highest BCUT2D eigenvalue weighted by molar-refractivity contribution is 5.87.